The number of benzene rings is 2. The summed E-state index contributed by atoms with van der Waals surface area (Å²) in [7, 11) is 0. The molecule has 10 nitrogen and oxygen atoms in total. The average Bonchev–Trinajstić information content (AvgIpc) is 3.53. The predicted molar refractivity (Wildman–Crippen MR) is 140 cm³/mol. The van der Waals surface area contributed by atoms with E-state index in [0.717, 1.165) is 18.4 Å². The van der Waals surface area contributed by atoms with Crippen LogP contribution in [0.1, 0.15) is 53.7 Å². The Morgan fingerprint density at radius 3 is 2.25 bits per heavy atom. The number of nitrogens with zero attached hydrogens (tertiary/aromatic N) is 1. The van der Waals surface area contributed by atoms with Crippen LogP contribution >= 0.6 is 11.3 Å². The highest BCUT2D eigenvalue weighted by atomic mass is 32.1. The van der Waals surface area contributed by atoms with Crippen molar-refractivity contribution < 1.29 is 42.2 Å². The van der Waals surface area contributed by atoms with E-state index in [4.69, 9.17) is 31.8 Å². The molecule has 0 unspecified atom stereocenters. The summed E-state index contributed by atoms with van der Waals surface area (Å²) in [6.07, 6.45) is -1.64. The summed E-state index contributed by atoms with van der Waals surface area (Å²) in [4.78, 5) is 47.9. The summed E-state index contributed by atoms with van der Waals surface area (Å²) in [5, 5.41) is 7.76. The number of fused-ring (bicyclic) bond motifs is 1. The van der Waals surface area contributed by atoms with Gasteiger partial charge in [0.15, 0.2) is 0 Å². The monoisotopic (exact) mass is 580 g/mol. The summed E-state index contributed by atoms with van der Waals surface area (Å²) < 4.78 is 36.7. The summed E-state index contributed by atoms with van der Waals surface area (Å²) in [6.45, 7) is 1.81. The molecule has 1 heterocycles. The first kappa shape index (κ1) is 32.1. The minimum atomic E-state index is -5.08. The Kier molecular flexibility index (Phi) is 11.5. The molecule has 14 heteroatoms. The highest BCUT2D eigenvalue weighted by Crippen LogP contribution is 2.28. The fourth-order valence-electron chi connectivity index (χ4n) is 3.47. The van der Waals surface area contributed by atoms with Gasteiger partial charge in [0.25, 0.3) is 0 Å². The number of alkyl halides is 3. The fraction of sp³-hybridized carbons (Fsp3) is 0.269. The largest absolute Gasteiger partial charge is 0.490 e. The van der Waals surface area contributed by atoms with E-state index < -0.39 is 18.1 Å². The van der Waals surface area contributed by atoms with Gasteiger partial charge in [-0.3, -0.25) is 14.4 Å². The molecule has 1 aliphatic carbocycles. The highest BCUT2D eigenvalue weighted by molar-refractivity contribution is 7.14. The molecule has 1 aromatic heterocycles. The lowest BCUT2D eigenvalue weighted by Crippen LogP contribution is -2.21. The molecule has 0 spiro atoms. The Morgan fingerprint density at radius 2 is 1.68 bits per heavy atom. The number of ether oxygens (including phenoxy) is 1. The maximum Gasteiger partial charge on any atom is 0.490 e. The SMILES string of the molecule is Cc1nc(OC(=O)CN)c(C(=O)c2cccc(CN)c2)s1.NC(=O)c1ccc2c(c1)CCC2.O=C(O)C(F)(F)F. The molecule has 0 radical (unpaired) electrons. The molecule has 0 aliphatic heterocycles. The van der Waals surface area contributed by atoms with Crippen molar-refractivity contribution >= 4 is 35.0 Å². The second kappa shape index (κ2) is 14.3. The van der Waals surface area contributed by atoms with Gasteiger partial charge < -0.3 is 27.0 Å². The minimum absolute atomic E-state index is 0.0103. The number of carboxylic acids is 1. The van der Waals surface area contributed by atoms with Crippen molar-refractivity contribution in [3.05, 3.63) is 80.2 Å². The number of esters is 1. The molecule has 214 valence electrons. The van der Waals surface area contributed by atoms with Crippen LogP contribution in [0.25, 0.3) is 0 Å². The molecule has 4 rings (SSSR count). The quantitative estimate of drug-likeness (QED) is 0.251. The molecule has 0 fully saturated rings. The van der Waals surface area contributed by atoms with Gasteiger partial charge in [0.05, 0.1) is 11.6 Å². The van der Waals surface area contributed by atoms with Crippen molar-refractivity contribution in [2.75, 3.05) is 6.54 Å². The second-order valence-corrected chi connectivity index (χ2v) is 9.49. The first-order valence-corrected chi connectivity index (χ1v) is 12.5. The number of aliphatic carboxylic acids is 1. The van der Waals surface area contributed by atoms with Gasteiger partial charge in [0.2, 0.25) is 17.6 Å². The van der Waals surface area contributed by atoms with E-state index in [1.54, 1.807) is 25.1 Å². The molecular weight excluding hydrogens is 553 g/mol. The van der Waals surface area contributed by atoms with Gasteiger partial charge in [-0.1, -0.05) is 24.3 Å². The number of thiazole rings is 1. The van der Waals surface area contributed by atoms with Crippen LogP contribution in [0, 0.1) is 6.92 Å². The van der Waals surface area contributed by atoms with Gasteiger partial charge in [-0.15, -0.1) is 11.3 Å². The average molecular weight is 581 g/mol. The van der Waals surface area contributed by atoms with Crippen LogP contribution in [0.2, 0.25) is 0 Å². The molecule has 1 aliphatic rings. The zero-order valence-corrected chi connectivity index (χ0v) is 22.1. The summed E-state index contributed by atoms with van der Waals surface area (Å²) in [6, 6.07) is 12.7. The number of ketones is 1. The molecule has 40 heavy (non-hydrogen) atoms. The normalized spacial score (nSPS) is 11.8. The third-order valence-corrected chi connectivity index (χ3v) is 6.29. The van der Waals surface area contributed by atoms with Gasteiger partial charge in [-0.05, 0) is 61.1 Å². The smallest absolute Gasteiger partial charge is 0.475 e. The van der Waals surface area contributed by atoms with Crippen molar-refractivity contribution in [1.82, 2.24) is 4.98 Å². The zero-order chi connectivity index (χ0) is 30.0. The molecule has 7 N–H and O–H groups in total. The second-order valence-electron chi connectivity index (χ2n) is 8.28. The third-order valence-electron chi connectivity index (χ3n) is 5.34. The van der Waals surface area contributed by atoms with E-state index in [1.807, 2.05) is 24.3 Å². The number of amides is 1. The van der Waals surface area contributed by atoms with Gasteiger partial charge in [-0.25, -0.2) is 9.78 Å². The van der Waals surface area contributed by atoms with Gasteiger partial charge >= 0.3 is 18.1 Å². The lowest BCUT2D eigenvalue weighted by molar-refractivity contribution is -0.192. The molecule has 1 amide bonds. The lowest BCUT2D eigenvalue weighted by Gasteiger charge is -2.04. The van der Waals surface area contributed by atoms with Crippen molar-refractivity contribution in [3.63, 3.8) is 0 Å². The van der Waals surface area contributed by atoms with Crippen LogP contribution in [0.3, 0.4) is 0 Å². The van der Waals surface area contributed by atoms with Crippen LogP contribution in [-0.2, 0) is 29.0 Å². The number of rotatable bonds is 6. The van der Waals surface area contributed by atoms with Gasteiger partial charge in [0.1, 0.15) is 4.88 Å². The number of carbonyl (C=O) groups is 4. The van der Waals surface area contributed by atoms with Crippen LogP contribution in [-0.4, -0.2) is 46.4 Å². The standard InChI is InChI=1S/C14H15N3O3S.C10H11NO.C2HF3O2/c1-8-17-14(20-11(18)7-16)13(21-8)12(19)10-4-2-3-9(5-10)6-15;11-10(12)9-5-4-7-2-1-3-8(7)6-9;3-2(4,5)1(6)7/h2-5H,6-7,15-16H2,1H3;4-6H,1-3H2,(H2,11,12);(H,6,7). The van der Waals surface area contributed by atoms with E-state index >= 15 is 0 Å². The summed E-state index contributed by atoms with van der Waals surface area (Å²) in [5.74, 6) is -3.96. The molecule has 3 aromatic rings. The Labute approximate surface area is 230 Å². The number of carbonyl (C=O) groups excluding carboxylic acids is 3. The number of hydrogen-bond acceptors (Lipinski definition) is 9. The van der Waals surface area contributed by atoms with Crippen LogP contribution in [0.5, 0.6) is 5.88 Å². The van der Waals surface area contributed by atoms with Crippen LogP contribution in [0.15, 0.2) is 42.5 Å². The fourth-order valence-corrected chi connectivity index (χ4v) is 4.27. The van der Waals surface area contributed by atoms with Gasteiger partial charge in [0, 0.05) is 17.7 Å². The molecule has 0 saturated heterocycles. The Morgan fingerprint density at radius 1 is 1.02 bits per heavy atom. The number of aromatic nitrogens is 1. The predicted octanol–water partition coefficient (Wildman–Crippen LogP) is 2.91. The van der Waals surface area contributed by atoms with Crippen molar-refractivity contribution in [1.29, 1.82) is 0 Å². The Hall–Kier alpha value is -4.14. The minimum Gasteiger partial charge on any atom is -0.475 e. The topological polar surface area (TPSA) is 189 Å². The zero-order valence-electron chi connectivity index (χ0n) is 21.3. The first-order chi connectivity index (χ1) is 18.8. The maximum absolute atomic E-state index is 12.5. The molecule has 2 aromatic carbocycles. The molecule has 0 atom stereocenters. The van der Waals surface area contributed by atoms with Crippen LogP contribution < -0.4 is 21.9 Å². The number of aryl methyl sites for hydroxylation is 3. The van der Waals surface area contributed by atoms with E-state index in [1.165, 1.54) is 28.9 Å². The Bertz CT molecular complexity index is 1390. The number of primary amides is 1. The maximum atomic E-state index is 12.5. The Balaban J connectivity index is 0.000000247. The summed E-state index contributed by atoms with van der Waals surface area (Å²) >= 11 is 1.17. The lowest BCUT2D eigenvalue weighted by atomic mass is 10.1. The number of hydrogen-bond donors (Lipinski definition) is 4. The van der Waals surface area contributed by atoms with E-state index in [2.05, 4.69) is 4.98 Å². The van der Waals surface area contributed by atoms with E-state index in [0.29, 0.717) is 22.7 Å². The van der Waals surface area contributed by atoms with Crippen molar-refractivity contribution in [2.45, 2.75) is 38.9 Å². The van der Waals surface area contributed by atoms with Crippen molar-refractivity contribution in [2.24, 2.45) is 17.2 Å². The molecular formula is C26H27F3N4O6S. The van der Waals surface area contributed by atoms with E-state index in [9.17, 15) is 27.6 Å². The third kappa shape index (κ3) is 9.25. The number of nitrogens with two attached hydrogens (primary N) is 3. The molecule has 0 bridgehead atoms. The molecule has 0 saturated carbocycles. The first-order valence-electron chi connectivity index (χ1n) is 11.7. The number of carboxylic acid groups (broad SMARTS) is 1. The van der Waals surface area contributed by atoms with Gasteiger partial charge in [-0.2, -0.15) is 13.2 Å². The number of halogens is 3. The van der Waals surface area contributed by atoms with E-state index in [-0.39, 0.29) is 29.0 Å². The van der Waals surface area contributed by atoms with Crippen LogP contribution in [0.4, 0.5) is 13.2 Å². The summed E-state index contributed by atoms with van der Waals surface area (Å²) in [5.41, 5.74) is 20.6. The highest BCUT2D eigenvalue weighted by Gasteiger charge is 2.38. The van der Waals surface area contributed by atoms with Crippen molar-refractivity contribution in [3.8, 4) is 5.88 Å².